The summed E-state index contributed by atoms with van der Waals surface area (Å²) >= 11 is 0. The molecule has 0 heterocycles. The van der Waals surface area contributed by atoms with Gasteiger partial charge in [-0.15, -0.1) is 0 Å². The maximum Gasteiger partial charge on any atom is 0.0681 e. The molecule has 0 radical (unpaired) electrons. The highest BCUT2D eigenvalue weighted by Gasteiger charge is 2.19. The minimum Gasteiger partial charge on any atom is -0.392 e. The van der Waals surface area contributed by atoms with Gasteiger partial charge in [0.15, 0.2) is 0 Å². The summed E-state index contributed by atoms with van der Waals surface area (Å²) in [5.41, 5.74) is 18.7. The third kappa shape index (κ3) is 8.79. The Balaban J connectivity index is 0.970. The molecule has 0 saturated heterocycles. The molecule has 0 saturated carbocycles. The predicted octanol–water partition coefficient (Wildman–Crippen LogP) is 13.3. The lowest BCUT2D eigenvalue weighted by molar-refractivity contribution is 0.281. The molecule has 9 rings (SSSR count). The monoisotopic (exact) mass is 793 g/mol. The zero-order valence-electron chi connectivity index (χ0n) is 33.9. The SMILES string of the molecule is OCc1ccc(-c2ccc(-c3ccc(N(C4=CCC(c5ccc(-c6ccc(CO)cc6)cc5)C=C4)c4ccc(-c5ccc(-c6ccc(CO)cc6)cc5)cc4)cc3)cc2)cc1. The molecule has 1 aliphatic rings. The smallest absolute Gasteiger partial charge is 0.0681 e. The van der Waals surface area contributed by atoms with Crippen molar-refractivity contribution in [3.63, 3.8) is 0 Å². The van der Waals surface area contributed by atoms with Crippen LogP contribution < -0.4 is 4.90 Å². The second kappa shape index (κ2) is 18.0. The second-order valence-electron chi connectivity index (χ2n) is 15.6. The zero-order valence-corrected chi connectivity index (χ0v) is 33.9. The average Bonchev–Trinajstić information content (AvgIpc) is 3.35. The highest BCUT2D eigenvalue weighted by atomic mass is 16.3. The van der Waals surface area contributed by atoms with E-state index in [9.17, 15) is 15.3 Å². The lowest BCUT2D eigenvalue weighted by atomic mass is 9.90. The number of nitrogens with zero attached hydrogens (tertiary/aromatic N) is 1. The number of hydrogen-bond acceptors (Lipinski definition) is 4. The maximum atomic E-state index is 9.44. The highest BCUT2D eigenvalue weighted by Crippen LogP contribution is 2.38. The fraction of sp³-hybridized carbons (Fsp3) is 0.0877. The van der Waals surface area contributed by atoms with Crippen molar-refractivity contribution in [2.24, 2.45) is 0 Å². The number of benzene rings is 8. The van der Waals surface area contributed by atoms with E-state index in [0.29, 0.717) is 0 Å². The van der Waals surface area contributed by atoms with Gasteiger partial charge in [-0.2, -0.15) is 0 Å². The van der Waals surface area contributed by atoms with E-state index < -0.39 is 0 Å². The standard InChI is InChI=1S/C57H47NO3/c59-37-40-1-7-43(8-2-40)46-13-19-49(20-14-46)52-25-31-55(32-26-52)58(56-33-27-53(28-34-56)50-21-15-47(16-22-50)44-9-3-41(38-60)4-10-44)57-35-29-54(30-36-57)51-23-17-48(18-24-51)45-11-5-42(39-61)6-12-45/h1-29,31-36,54,59-61H,30,37-39H2. The number of anilines is 2. The van der Waals surface area contributed by atoms with Gasteiger partial charge >= 0.3 is 0 Å². The van der Waals surface area contributed by atoms with Gasteiger partial charge in [0.25, 0.3) is 0 Å². The second-order valence-corrected chi connectivity index (χ2v) is 15.6. The predicted molar refractivity (Wildman–Crippen MR) is 251 cm³/mol. The molecule has 0 aliphatic heterocycles. The summed E-state index contributed by atoms with van der Waals surface area (Å²) in [6, 6.07) is 68.0. The normalized spacial score (nSPS) is 13.5. The van der Waals surface area contributed by atoms with Crippen LogP contribution in [0.2, 0.25) is 0 Å². The Labute approximate surface area is 358 Å². The third-order valence-corrected chi connectivity index (χ3v) is 11.8. The van der Waals surface area contributed by atoms with Crippen molar-refractivity contribution < 1.29 is 15.3 Å². The van der Waals surface area contributed by atoms with Crippen molar-refractivity contribution in [2.45, 2.75) is 32.2 Å². The Morgan fingerprint density at radius 2 is 0.607 bits per heavy atom. The van der Waals surface area contributed by atoms with Gasteiger partial charge < -0.3 is 20.2 Å². The van der Waals surface area contributed by atoms with Gasteiger partial charge in [-0.1, -0.05) is 182 Å². The van der Waals surface area contributed by atoms with Crippen LogP contribution in [0.15, 0.2) is 218 Å². The summed E-state index contributed by atoms with van der Waals surface area (Å²) in [5.74, 6) is 0.271. The van der Waals surface area contributed by atoms with Crippen LogP contribution in [0.4, 0.5) is 11.4 Å². The van der Waals surface area contributed by atoms with Crippen LogP contribution in [0.5, 0.6) is 0 Å². The first-order valence-electron chi connectivity index (χ1n) is 20.9. The molecule has 8 aromatic rings. The van der Waals surface area contributed by atoms with E-state index in [0.717, 1.165) is 95.8 Å². The van der Waals surface area contributed by atoms with E-state index in [1.54, 1.807) is 0 Å². The first-order valence-corrected chi connectivity index (χ1v) is 20.9. The molecule has 1 unspecified atom stereocenters. The minimum absolute atomic E-state index is 0.0450. The van der Waals surface area contributed by atoms with Crippen molar-refractivity contribution >= 4 is 11.4 Å². The fourth-order valence-electron chi connectivity index (χ4n) is 8.12. The Bertz CT molecular complexity index is 2620. The van der Waals surface area contributed by atoms with E-state index in [1.165, 1.54) is 5.56 Å². The van der Waals surface area contributed by atoms with Crippen molar-refractivity contribution in [3.8, 4) is 55.6 Å². The maximum absolute atomic E-state index is 9.44. The molecular formula is C57H47NO3. The van der Waals surface area contributed by atoms with Gasteiger partial charge in [0.2, 0.25) is 0 Å². The zero-order chi connectivity index (χ0) is 41.5. The van der Waals surface area contributed by atoms with Gasteiger partial charge in [-0.3, -0.25) is 0 Å². The van der Waals surface area contributed by atoms with Crippen LogP contribution in [0.1, 0.15) is 34.6 Å². The van der Waals surface area contributed by atoms with E-state index in [4.69, 9.17) is 0 Å². The van der Waals surface area contributed by atoms with Gasteiger partial charge in [0.05, 0.1) is 19.8 Å². The number of rotatable bonds is 12. The van der Waals surface area contributed by atoms with E-state index in [1.807, 2.05) is 36.4 Å². The molecule has 0 aromatic heterocycles. The van der Waals surface area contributed by atoms with E-state index in [-0.39, 0.29) is 25.7 Å². The lowest BCUT2D eigenvalue weighted by Gasteiger charge is -2.29. The first-order chi connectivity index (χ1) is 30.0. The molecule has 8 aromatic carbocycles. The van der Waals surface area contributed by atoms with Crippen LogP contribution in [-0.4, -0.2) is 15.3 Å². The van der Waals surface area contributed by atoms with Crippen LogP contribution in [0.3, 0.4) is 0 Å². The van der Waals surface area contributed by atoms with E-state index >= 15 is 0 Å². The lowest BCUT2D eigenvalue weighted by Crippen LogP contribution is -2.17. The summed E-state index contributed by atoms with van der Waals surface area (Å²) in [7, 11) is 0. The molecule has 61 heavy (non-hydrogen) atoms. The molecule has 1 atom stereocenters. The first kappa shape index (κ1) is 39.4. The van der Waals surface area contributed by atoms with Crippen LogP contribution >= 0.6 is 0 Å². The minimum atomic E-state index is 0.0450. The molecule has 298 valence electrons. The molecule has 0 spiro atoms. The van der Waals surface area contributed by atoms with Crippen LogP contribution in [-0.2, 0) is 19.8 Å². The number of aliphatic hydroxyl groups is 3. The molecule has 0 bridgehead atoms. The van der Waals surface area contributed by atoms with E-state index in [2.05, 4.69) is 181 Å². The molecule has 3 N–H and O–H groups in total. The van der Waals surface area contributed by atoms with Crippen molar-refractivity contribution in [3.05, 3.63) is 240 Å². The largest absolute Gasteiger partial charge is 0.392 e. The number of hydrogen-bond donors (Lipinski definition) is 3. The van der Waals surface area contributed by atoms with Crippen LogP contribution in [0, 0.1) is 0 Å². The topological polar surface area (TPSA) is 63.9 Å². The highest BCUT2D eigenvalue weighted by molar-refractivity contribution is 5.78. The quantitative estimate of drug-likeness (QED) is 0.115. The summed E-state index contributed by atoms with van der Waals surface area (Å²) in [6.45, 7) is 0.140. The Morgan fingerprint density at radius 3 is 0.869 bits per heavy atom. The Hall–Kier alpha value is -7.08. The molecule has 4 nitrogen and oxygen atoms in total. The van der Waals surface area contributed by atoms with Crippen molar-refractivity contribution in [1.29, 1.82) is 0 Å². The van der Waals surface area contributed by atoms with Crippen molar-refractivity contribution in [2.75, 3.05) is 4.90 Å². The van der Waals surface area contributed by atoms with Gasteiger partial charge in [0.1, 0.15) is 0 Å². The summed E-state index contributed by atoms with van der Waals surface area (Å²) < 4.78 is 0. The third-order valence-electron chi connectivity index (χ3n) is 11.8. The molecular weight excluding hydrogens is 747 g/mol. The van der Waals surface area contributed by atoms with Crippen LogP contribution in [0.25, 0.3) is 55.6 Å². The number of allylic oxidation sites excluding steroid dienone is 3. The summed E-state index contributed by atoms with van der Waals surface area (Å²) in [5, 5.41) is 28.3. The molecule has 0 amide bonds. The summed E-state index contributed by atoms with van der Waals surface area (Å²) in [6.07, 6.45) is 7.82. The number of aliphatic hydroxyl groups excluding tert-OH is 3. The molecule has 4 heteroatoms. The Morgan fingerprint density at radius 1 is 0.344 bits per heavy atom. The van der Waals surface area contributed by atoms with Gasteiger partial charge in [-0.25, -0.2) is 0 Å². The van der Waals surface area contributed by atoms with Crippen molar-refractivity contribution in [1.82, 2.24) is 0 Å². The molecule has 1 aliphatic carbocycles. The fourth-order valence-corrected chi connectivity index (χ4v) is 8.12. The molecule has 0 fully saturated rings. The summed E-state index contributed by atoms with van der Waals surface area (Å²) in [4.78, 5) is 2.34. The average molecular weight is 794 g/mol. The van der Waals surface area contributed by atoms with Gasteiger partial charge in [-0.05, 0) is 115 Å². The Kier molecular flexibility index (Phi) is 11.6. The van der Waals surface area contributed by atoms with Gasteiger partial charge in [0, 0.05) is 23.0 Å².